The third-order valence-corrected chi connectivity index (χ3v) is 2.04. The van der Waals surface area contributed by atoms with Crippen LogP contribution in [0.25, 0.3) is 0 Å². The van der Waals surface area contributed by atoms with Gasteiger partial charge in [-0.2, -0.15) is 0 Å². The molecule has 0 fully saturated rings. The van der Waals surface area contributed by atoms with Gasteiger partial charge >= 0.3 is 5.97 Å². The van der Waals surface area contributed by atoms with Gasteiger partial charge in [-0.05, 0) is 13.3 Å². The Morgan fingerprint density at radius 3 is 2.93 bits per heavy atom. The van der Waals surface area contributed by atoms with Crippen LogP contribution in [0.5, 0.6) is 0 Å². The molecule has 0 radical (unpaired) electrons. The van der Waals surface area contributed by atoms with Crippen molar-refractivity contribution in [3.05, 3.63) is 18.2 Å². The number of aromatic amines is 1. The quantitative estimate of drug-likeness (QED) is 0.731. The van der Waals surface area contributed by atoms with Crippen molar-refractivity contribution in [2.75, 3.05) is 6.61 Å². The van der Waals surface area contributed by atoms with Crippen LogP contribution >= 0.6 is 0 Å². The number of hydrogen-bond acceptors (Lipinski definition) is 3. The lowest BCUT2D eigenvalue weighted by Gasteiger charge is -2.12. The second-order valence-corrected chi connectivity index (χ2v) is 3.10. The summed E-state index contributed by atoms with van der Waals surface area (Å²) in [5.74, 6) is -0.360. The monoisotopic (exact) mass is 196 g/mol. The van der Waals surface area contributed by atoms with E-state index in [0.717, 1.165) is 18.5 Å². The van der Waals surface area contributed by atoms with Crippen molar-refractivity contribution >= 4 is 5.97 Å². The number of carbonyl (C=O) groups excluding carboxylic acids is 1. The highest BCUT2D eigenvalue weighted by atomic mass is 16.5. The first kappa shape index (κ1) is 10.8. The predicted octanol–water partition coefficient (Wildman–Crippen LogP) is 1.86. The molecule has 1 aromatic rings. The maximum atomic E-state index is 11.6. The van der Waals surface area contributed by atoms with Crippen LogP contribution in [0.1, 0.15) is 38.3 Å². The minimum Gasteiger partial charge on any atom is -0.465 e. The molecule has 0 bridgehead atoms. The molecule has 1 atom stereocenters. The van der Waals surface area contributed by atoms with Crippen molar-refractivity contribution < 1.29 is 9.53 Å². The van der Waals surface area contributed by atoms with E-state index in [4.69, 9.17) is 4.74 Å². The second-order valence-electron chi connectivity index (χ2n) is 3.10. The fraction of sp³-hybridized carbons (Fsp3) is 0.600. The molecule has 14 heavy (non-hydrogen) atoms. The highest BCUT2D eigenvalue weighted by Crippen LogP contribution is 2.20. The van der Waals surface area contributed by atoms with Gasteiger partial charge in [-0.1, -0.05) is 13.3 Å². The van der Waals surface area contributed by atoms with Gasteiger partial charge in [0.1, 0.15) is 0 Å². The van der Waals surface area contributed by atoms with Gasteiger partial charge < -0.3 is 9.72 Å². The number of aromatic nitrogens is 2. The Balaban J connectivity index is 2.69. The number of nitrogens with one attached hydrogen (secondary N) is 1. The third kappa shape index (κ3) is 2.58. The van der Waals surface area contributed by atoms with Crippen LogP contribution in [0.3, 0.4) is 0 Å². The number of H-pyrrole nitrogens is 1. The van der Waals surface area contributed by atoms with Crippen molar-refractivity contribution in [1.29, 1.82) is 0 Å². The first-order chi connectivity index (χ1) is 6.79. The van der Waals surface area contributed by atoms with Gasteiger partial charge in [0, 0.05) is 11.9 Å². The van der Waals surface area contributed by atoms with E-state index in [1.807, 2.05) is 13.8 Å². The summed E-state index contributed by atoms with van der Waals surface area (Å²) in [4.78, 5) is 18.4. The maximum Gasteiger partial charge on any atom is 0.314 e. The molecule has 78 valence electrons. The minimum atomic E-state index is -0.192. The molecule has 0 aliphatic heterocycles. The Hall–Kier alpha value is -1.32. The molecule has 0 aromatic carbocycles. The molecular formula is C10H16N2O2. The third-order valence-electron chi connectivity index (χ3n) is 2.04. The fourth-order valence-electron chi connectivity index (χ4n) is 1.39. The van der Waals surface area contributed by atoms with E-state index in [9.17, 15) is 4.79 Å². The zero-order valence-corrected chi connectivity index (χ0v) is 8.62. The number of ether oxygens (including phenoxy) is 1. The van der Waals surface area contributed by atoms with E-state index >= 15 is 0 Å². The standard InChI is InChI=1S/C10H16N2O2/c1-3-5-8(10(13)14-4-2)9-6-11-7-12-9/h6-8H,3-5H2,1-2H3,(H,11,12). The molecule has 0 aliphatic carbocycles. The van der Waals surface area contributed by atoms with Gasteiger partial charge in [0.15, 0.2) is 0 Å². The van der Waals surface area contributed by atoms with E-state index in [0.29, 0.717) is 6.61 Å². The smallest absolute Gasteiger partial charge is 0.314 e. The molecular weight excluding hydrogens is 180 g/mol. The van der Waals surface area contributed by atoms with E-state index in [-0.39, 0.29) is 11.9 Å². The van der Waals surface area contributed by atoms with Crippen LogP contribution in [-0.2, 0) is 9.53 Å². The van der Waals surface area contributed by atoms with Crippen LogP contribution in [0.15, 0.2) is 12.5 Å². The maximum absolute atomic E-state index is 11.6. The molecule has 1 aromatic heterocycles. The van der Waals surface area contributed by atoms with E-state index in [1.165, 1.54) is 0 Å². The van der Waals surface area contributed by atoms with Crippen molar-refractivity contribution in [2.24, 2.45) is 0 Å². The normalized spacial score (nSPS) is 12.4. The molecule has 0 saturated heterocycles. The number of imidazole rings is 1. The largest absolute Gasteiger partial charge is 0.465 e. The van der Waals surface area contributed by atoms with Crippen LogP contribution in [-0.4, -0.2) is 22.5 Å². The average Bonchev–Trinajstić information content (AvgIpc) is 2.67. The first-order valence-corrected chi connectivity index (χ1v) is 4.94. The molecule has 0 saturated carbocycles. The Morgan fingerprint density at radius 1 is 1.64 bits per heavy atom. The van der Waals surface area contributed by atoms with Crippen LogP contribution in [0.4, 0.5) is 0 Å². The fourth-order valence-corrected chi connectivity index (χ4v) is 1.39. The highest BCUT2D eigenvalue weighted by molar-refractivity contribution is 5.77. The summed E-state index contributed by atoms with van der Waals surface area (Å²) in [6.45, 7) is 4.28. The van der Waals surface area contributed by atoms with E-state index < -0.39 is 0 Å². The summed E-state index contributed by atoms with van der Waals surface area (Å²) in [6, 6.07) is 0. The summed E-state index contributed by atoms with van der Waals surface area (Å²) < 4.78 is 4.99. The van der Waals surface area contributed by atoms with E-state index in [1.54, 1.807) is 12.5 Å². The lowest BCUT2D eigenvalue weighted by Crippen LogP contribution is -2.16. The lowest BCUT2D eigenvalue weighted by atomic mass is 10.0. The molecule has 0 spiro atoms. The van der Waals surface area contributed by atoms with Crippen molar-refractivity contribution in [2.45, 2.75) is 32.6 Å². The average molecular weight is 196 g/mol. The molecule has 1 heterocycles. The SMILES string of the molecule is CCCC(C(=O)OCC)c1cnc[nH]1. The summed E-state index contributed by atoms with van der Waals surface area (Å²) in [5, 5.41) is 0. The van der Waals surface area contributed by atoms with Gasteiger partial charge in [-0.25, -0.2) is 4.98 Å². The summed E-state index contributed by atoms with van der Waals surface area (Å²) >= 11 is 0. The molecule has 0 amide bonds. The number of nitrogens with zero attached hydrogens (tertiary/aromatic N) is 1. The van der Waals surface area contributed by atoms with Crippen LogP contribution < -0.4 is 0 Å². The predicted molar refractivity (Wildman–Crippen MR) is 52.9 cm³/mol. The van der Waals surface area contributed by atoms with Gasteiger partial charge in [0.05, 0.1) is 18.9 Å². The lowest BCUT2D eigenvalue weighted by molar-refractivity contribution is -0.145. The zero-order valence-electron chi connectivity index (χ0n) is 8.62. The van der Waals surface area contributed by atoms with Gasteiger partial charge in [-0.15, -0.1) is 0 Å². The topological polar surface area (TPSA) is 55.0 Å². The van der Waals surface area contributed by atoms with Crippen molar-refractivity contribution in [3.8, 4) is 0 Å². The van der Waals surface area contributed by atoms with E-state index in [2.05, 4.69) is 9.97 Å². The van der Waals surface area contributed by atoms with Crippen LogP contribution in [0, 0.1) is 0 Å². The highest BCUT2D eigenvalue weighted by Gasteiger charge is 2.21. The molecule has 1 rings (SSSR count). The van der Waals surface area contributed by atoms with Gasteiger partial charge in [-0.3, -0.25) is 4.79 Å². The first-order valence-electron chi connectivity index (χ1n) is 4.94. The number of rotatable bonds is 5. The zero-order chi connectivity index (χ0) is 10.4. The summed E-state index contributed by atoms with van der Waals surface area (Å²) in [5.41, 5.74) is 0.838. The Labute approximate surface area is 83.7 Å². The van der Waals surface area contributed by atoms with Crippen LogP contribution in [0.2, 0.25) is 0 Å². The molecule has 1 unspecified atom stereocenters. The van der Waals surface area contributed by atoms with Crippen molar-refractivity contribution in [1.82, 2.24) is 9.97 Å². The van der Waals surface area contributed by atoms with Gasteiger partial charge in [0.25, 0.3) is 0 Å². The molecule has 4 nitrogen and oxygen atoms in total. The summed E-state index contributed by atoms with van der Waals surface area (Å²) in [6.07, 6.45) is 5.00. The molecule has 4 heteroatoms. The van der Waals surface area contributed by atoms with Crippen molar-refractivity contribution in [3.63, 3.8) is 0 Å². The second kappa shape index (κ2) is 5.42. The Bertz CT molecular complexity index is 270. The van der Waals surface area contributed by atoms with Gasteiger partial charge in [0.2, 0.25) is 0 Å². The number of esters is 1. The Kier molecular flexibility index (Phi) is 4.16. The molecule has 1 N–H and O–H groups in total. The minimum absolute atomic E-state index is 0.168. The number of hydrogen-bond donors (Lipinski definition) is 1. The Morgan fingerprint density at radius 2 is 2.43 bits per heavy atom. The number of carbonyl (C=O) groups is 1. The molecule has 0 aliphatic rings. The summed E-state index contributed by atoms with van der Waals surface area (Å²) in [7, 11) is 0.